The second kappa shape index (κ2) is 20.5. The van der Waals surface area contributed by atoms with E-state index in [4.69, 9.17) is 26.6 Å². The highest BCUT2D eigenvalue weighted by Gasteiger charge is 2.37. The molecule has 0 amide bonds. The van der Waals surface area contributed by atoms with E-state index < -0.39 is 17.6 Å². The minimum atomic E-state index is -2.39. The van der Waals surface area contributed by atoms with Crippen LogP contribution in [0.25, 0.3) is 0 Å². The smallest absolute Gasteiger partial charge is 0.377 e. The first-order valence-corrected chi connectivity index (χ1v) is 14.7. The molecule has 0 radical (unpaired) electrons. The molecular weight excluding hydrogens is 392 g/mol. The summed E-state index contributed by atoms with van der Waals surface area (Å²) >= 11 is 0. The maximum Gasteiger partial charge on any atom is 0.500 e. The van der Waals surface area contributed by atoms with Crippen molar-refractivity contribution in [2.45, 2.75) is 90.1 Å². The van der Waals surface area contributed by atoms with E-state index in [9.17, 15) is 0 Å². The molecular formula is C20H48O6Si2. The first-order valence-electron chi connectivity index (χ1n) is 10.8. The van der Waals surface area contributed by atoms with Crippen LogP contribution in [0, 0.1) is 0 Å². The molecule has 0 rings (SSSR count). The van der Waals surface area contributed by atoms with Crippen LogP contribution in [0.2, 0.25) is 12.1 Å². The molecule has 0 saturated carbocycles. The van der Waals surface area contributed by atoms with Crippen molar-refractivity contribution in [2.24, 2.45) is 0 Å². The Morgan fingerprint density at radius 3 is 0.893 bits per heavy atom. The molecule has 0 heterocycles. The normalized spacial score (nSPS) is 12.0. The molecule has 0 aliphatic carbocycles. The third-order valence-electron chi connectivity index (χ3n) is 5.04. The van der Waals surface area contributed by atoms with Gasteiger partial charge in [-0.25, -0.2) is 0 Å². The average Bonchev–Trinajstić information content (AvgIpc) is 2.75. The molecule has 0 aromatic carbocycles. The number of hydrogen-bond acceptors (Lipinski definition) is 6. The van der Waals surface area contributed by atoms with E-state index in [2.05, 4.69) is 13.8 Å². The Bertz CT molecular complexity index is 269. The fourth-order valence-electron chi connectivity index (χ4n) is 3.00. The van der Waals surface area contributed by atoms with Crippen LogP contribution in [0.1, 0.15) is 78.1 Å². The minimum Gasteiger partial charge on any atom is -0.377 e. The van der Waals surface area contributed by atoms with Gasteiger partial charge in [-0.3, -0.25) is 0 Å². The maximum absolute atomic E-state index is 5.40. The summed E-state index contributed by atoms with van der Waals surface area (Å²) in [7, 11) is 5.17. The maximum atomic E-state index is 5.40. The van der Waals surface area contributed by atoms with Crippen molar-refractivity contribution in [3.63, 3.8) is 0 Å². The molecule has 0 aromatic heterocycles. The first kappa shape index (κ1) is 30.4. The fraction of sp³-hybridized carbons (Fsp3) is 1.00. The van der Waals surface area contributed by atoms with E-state index in [1.165, 1.54) is 38.5 Å². The summed E-state index contributed by atoms with van der Waals surface area (Å²) in [5.41, 5.74) is 0. The molecule has 28 heavy (non-hydrogen) atoms. The third kappa shape index (κ3) is 14.2. The zero-order chi connectivity index (χ0) is 21.7. The quantitative estimate of drug-likeness (QED) is 0.202. The Labute approximate surface area is 177 Å². The van der Waals surface area contributed by atoms with E-state index in [0.29, 0.717) is 0 Å². The van der Waals surface area contributed by atoms with Crippen molar-refractivity contribution in [2.75, 3.05) is 42.7 Å². The summed E-state index contributed by atoms with van der Waals surface area (Å²) in [6.45, 7) is 4.49. The monoisotopic (exact) mass is 440 g/mol. The summed E-state index contributed by atoms with van der Waals surface area (Å²) in [6, 6.07) is 1.73. The van der Waals surface area contributed by atoms with Gasteiger partial charge >= 0.3 is 17.6 Å². The van der Waals surface area contributed by atoms with E-state index in [-0.39, 0.29) is 0 Å². The number of hydrogen-bond donors (Lipinski definition) is 0. The van der Waals surface area contributed by atoms with Crippen LogP contribution in [-0.4, -0.2) is 60.3 Å². The van der Waals surface area contributed by atoms with Gasteiger partial charge in [0.1, 0.15) is 0 Å². The van der Waals surface area contributed by atoms with E-state index >= 15 is 0 Å². The van der Waals surface area contributed by atoms with Gasteiger partial charge in [-0.15, -0.1) is 0 Å². The SMILES string of the molecule is CCCCCCC.CO[Si](CCCCCCC[Si](OC)(OC)OC)(OC)OC. The lowest BCUT2D eigenvalue weighted by atomic mass is 10.2. The number of unbranched alkanes of at least 4 members (excludes halogenated alkanes) is 8. The van der Waals surface area contributed by atoms with Crippen molar-refractivity contribution in [3.8, 4) is 0 Å². The Balaban J connectivity index is 0. The van der Waals surface area contributed by atoms with Crippen LogP contribution >= 0.6 is 0 Å². The average molecular weight is 441 g/mol. The van der Waals surface area contributed by atoms with Crippen molar-refractivity contribution in [3.05, 3.63) is 0 Å². The molecule has 0 spiro atoms. The molecule has 0 aromatic rings. The van der Waals surface area contributed by atoms with E-state index in [1.807, 2.05) is 0 Å². The Hall–Kier alpha value is 0.194. The van der Waals surface area contributed by atoms with Crippen LogP contribution in [0.15, 0.2) is 0 Å². The molecule has 0 aliphatic heterocycles. The molecule has 0 atom stereocenters. The van der Waals surface area contributed by atoms with Crippen molar-refractivity contribution in [1.82, 2.24) is 0 Å². The van der Waals surface area contributed by atoms with Crippen LogP contribution in [-0.2, 0) is 26.6 Å². The lowest BCUT2D eigenvalue weighted by molar-refractivity contribution is 0.122. The summed E-state index contributed by atoms with van der Waals surface area (Å²) in [5.74, 6) is 0. The van der Waals surface area contributed by atoms with Gasteiger partial charge in [0.05, 0.1) is 0 Å². The molecule has 172 valence electrons. The van der Waals surface area contributed by atoms with Gasteiger partial charge in [-0.05, 0) is 12.8 Å². The van der Waals surface area contributed by atoms with Gasteiger partial charge in [0.2, 0.25) is 0 Å². The van der Waals surface area contributed by atoms with E-state index in [1.54, 1.807) is 42.7 Å². The predicted molar refractivity (Wildman–Crippen MR) is 121 cm³/mol. The Kier molecular flexibility index (Phi) is 22.2. The standard InChI is InChI=1S/C13H32O6Si2.C7H16/c1-14-20(15-2,16-3)12-10-8-7-9-11-13-21(17-4,18-5)19-6;1-3-5-7-6-4-2/h7-13H2,1-6H3;3-7H2,1-2H3. The highest BCUT2D eigenvalue weighted by atomic mass is 28.4. The zero-order valence-electron chi connectivity index (χ0n) is 19.9. The first-order chi connectivity index (χ1) is 13.5. The van der Waals surface area contributed by atoms with Gasteiger partial charge in [-0.1, -0.05) is 65.2 Å². The van der Waals surface area contributed by atoms with Crippen LogP contribution in [0.5, 0.6) is 0 Å². The fourth-order valence-corrected chi connectivity index (χ4v) is 6.59. The molecule has 0 aliphatic rings. The second-order valence-corrected chi connectivity index (χ2v) is 13.1. The Morgan fingerprint density at radius 1 is 0.393 bits per heavy atom. The zero-order valence-corrected chi connectivity index (χ0v) is 21.9. The second-order valence-electron chi connectivity index (χ2n) is 6.92. The molecule has 0 saturated heterocycles. The lowest BCUT2D eigenvalue weighted by Gasteiger charge is -2.24. The predicted octanol–water partition coefficient (Wildman–Crippen LogP) is 5.67. The minimum absolute atomic E-state index is 0.864. The molecule has 0 bridgehead atoms. The summed E-state index contributed by atoms with van der Waals surface area (Å²) < 4.78 is 32.4. The van der Waals surface area contributed by atoms with Crippen molar-refractivity contribution in [1.29, 1.82) is 0 Å². The molecule has 0 unspecified atom stereocenters. The Morgan fingerprint density at radius 2 is 0.643 bits per heavy atom. The van der Waals surface area contributed by atoms with Crippen LogP contribution in [0.3, 0.4) is 0 Å². The molecule has 0 N–H and O–H groups in total. The molecule has 8 heteroatoms. The topological polar surface area (TPSA) is 55.4 Å². The van der Waals surface area contributed by atoms with Gasteiger partial charge in [0.15, 0.2) is 0 Å². The van der Waals surface area contributed by atoms with Gasteiger partial charge < -0.3 is 26.6 Å². The molecule has 6 nitrogen and oxygen atoms in total. The highest BCUT2D eigenvalue weighted by molar-refractivity contribution is 6.60. The largest absolute Gasteiger partial charge is 0.500 e. The van der Waals surface area contributed by atoms with Crippen molar-refractivity contribution >= 4 is 17.6 Å². The van der Waals surface area contributed by atoms with Gasteiger partial charge in [-0.2, -0.15) is 0 Å². The van der Waals surface area contributed by atoms with Crippen LogP contribution < -0.4 is 0 Å². The summed E-state index contributed by atoms with van der Waals surface area (Å²) in [4.78, 5) is 0. The third-order valence-corrected chi connectivity index (χ3v) is 10.7. The van der Waals surface area contributed by atoms with Crippen LogP contribution in [0.4, 0.5) is 0 Å². The summed E-state index contributed by atoms with van der Waals surface area (Å²) in [6.07, 6.45) is 12.6. The van der Waals surface area contributed by atoms with Crippen molar-refractivity contribution < 1.29 is 26.6 Å². The number of rotatable bonds is 18. The van der Waals surface area contributed by atoms with E-state index in [0.717, 1.165) is 37.8 Å². The summed E-state index contributed by atoms with van der Waals surface area (Å²) in [5, 5.41) is 0. The highest BCUT2D eigenvalue weighted by Crippen LogP contribution is 2.20. The lowest BCUT2D eigenvalue weighted by Crippen LogP contribution is -2.42. The van der Waals surface area contributed by atoms with Gasteiger partial charge in [0, 0.05) is 54.7 Å². The van der Waals surface area contributed by atoms with Gasteiger partial charge in [0.25, 0.3) is 0 Å². The molecule has 0 fully saturated rings.